The van der Waals surface area contributed by atoms with Crippen LogP contribution in [0.15, 0.2) is 78.9 Å². The zero-order chi connectivity index (χ0) is 30.2. The molecule has 8 nitrogen and oxygen atoms in total. The van der Waals surface area contributed by atoms with Crippen molar-refractivity contribution >= 4 is 23.4 Å². The molecule has 1 aromatic heterocycles. The number of carbonyl (C=O) groups is 2. The van der Waals surface area contributed by atoms with Crippen LogP contribution in [-0.4, -0.2) is 53.4 Å². The average Bonchev–Trinajstić information content (AvgIpc) is 3.39. The third kappa shape index (κ3) is 7.41. The maximum atomic E-state index is 13.6. The molecule has 3 amide bonds. The molecule has 0 fully saturated rings. The molecular formula is C33H38FN5O3. The van der Waals surface area contributed by atoms with E-state index >= 15 is 0 Å². The second-order valence-electron chi connectivity index (χ2n) is 10.7. The maximum Gasteiger partial charge on any atom is 0.322 e. The van der Waals surface area contributed by atoms with Gasteiger partial charge in [0.25, 0.3) is 0 Å². The Morgan fingerprint density at radius 1 is 0.905 bits per heavy atom. The van der Waals surface area contributed by atoms with Crippen LogP contribution in [0.2, 0.25) is 0 Å². The third-order valence-electron chi connectivity index (χ3n) is 6.91. The predicted molar refractivity (Wildman–Crippen MR) is 165 cm³/mol. The van der Waals surface area contributed by atoms with Gasteiger partial charge in [0, 0.05) is 31.0 Å². The Balaban J connectivity index is 1.59. The van der Waals surface area contributed by atoms with Gasteiger partial charge >= 0.3 is 6.03 Å². The van der Waals surface area contributed by atoms with Crippen molar-refractivity contribution < 1.29 is 18.7 Å². The van der Waals surface area contributed by atoms with E-state index < -0.39 is 11.9 Å². The summed E-state index contributed by atoms with van der Waals surface area (Å²) < 4.78 is 20.4. The van der Waals surface area contributed by atoms with Crippen molar-refractivity contribution in [3.63, 3.8) is 0 Å². The van der Waals surface area contributed by atoms with Crippen LogP contribution in [0.25, 0.3) is 16.9 Å². The lowest BCUT2D eigenvalue weighted by Crippen LogP contribution is -2.42. The van der Waals surface area contributed by atoms with E-state index in [1.165, 1.54) is 17.0 Å². The van der Waals surface area contributed by atoms with E-state index in [9.17, 15) is 14.0 Å². The van der Waals surface area contributed by atoms with Gasteiger partial charge in [-0.1, -0.05) is 76.2 Å². The number of nitrogens with zero attached hydrogens (tertiary/aromatic N) is 3. The van der Waals surface area contributed by atoms with Gasteiger partial charge in [-0.3, -0.25) is 4.79 Å². The number of urea groups is 1. The number of carbonyl (C=O) groups excluding carboxylic acids is 2. The minimum atomic E-state index is -0.412. The van der Waals surface area contributed by atoms with Gasteiger partial charge < -0.3 is 20.3 Å². The molecule has 0 aliphatic rings. The first kappa shape index (κ1) is 30.5. The zero-order valence-electron chi connectivity index (χ0n) is 24.7. The number of benzene rings is 3. The molecule has 0 saturated carbocycles. The summed E-state index contributed by atoms with van der Waals surface area (Å²) in [4.78, 5) is 28.4. The quantitative estimate of drug-likeness (QED) is 0.202. The summed E-state index contributed by atoms with van der Waals surface area (Å²) in [6, 6.07) is 22.8. The number of rotatable bonds is 11. The van der Waals surface area contributed by atoms with Crippen molar-refractivity contribution in [2.45, 2.75) is 39.5 Å². The van der Waals surface area contributed by atoms with Crippen LogP contribution in [0.4, 0.5) is 20.7 Å². The van der Waals surface area contributed by atoms with Gasteiger partial charge in [0.2, 0.25) is 5.91 Å². The number of hydrogen-bond acceptors (Lipinski definition) is 4. The average molecular weight is 572 g/mol. The minimum absolute atomic E-state index is 0.195. The number of nitrogens with one attached hydrogen (secondary N) is 2. The van der Waals surface area contributed by atoms with Gasteiger partial charge in [-0.15, -0.1) is 0 Å². The predicted octanol–water partition coefficient (Wildman–Crippen LogP) is 7.04. The van der Waals surface area contributed by atoms with Crippen molar-refractivity contribution in [2.75, 3.05) is 37.4 Å². The highest BCUT2D eigenvalue weighted by Gasteiger charge is 2.23. The van der Waals surface area contributed by atoms with Crippen LogP contribution in [-0.2, 0) is 9.53 Å². The Morgan fingerprint density at radius 2 is 1.55 bits per heavy atom. The molecule has 4 aromatic rings. The van der Waals surface area contributed by atoms with E-state index in [4.69, 9.17) is 4.74 Å². The van der Waals surface area contributed by atoms with Crippen molar-refractivity contribution in [3.05, 3.63) is 95.8 Å². The minimum Gasteiger partial charge on any atom is -0.383 e. The van der Waals surface area contributed by atoms with E-state index in [1.54, 1.807) is 30.0 Å². The molecule has 0 aliphatic carbocycles. The fraction of sp³-hybridized carbons (Fsp3) is 0.303. The van der Waals surface area contributed by atoms with Gasteiger partial charge in [0.15, 0.2) is 0 Å². The molecule has 220 valence electrons. The lowest BCUT2D eigenvalue weighted by molar-refractivity contribution is -0.116. The second-order valence-corrected chi connectivity index (χ2v) is 10.7. The fourth-order valence-electron chi connectivity index (χ4n) is 4.69. The van der Waals surface area contributed by atoms with Crippen LogP contribution in [0, 0.1) is 5.82 Å². The van der Waals surface area contributed by atoms with E-state index in [0.29, 0.717) is 17.2 Å². The first-order chi connectivity index (χ1) is 20.2. The van der Waals surface area contributed by atoms with Gasteiger partial charge in [0.1, 0.15) is 18.2 Å². The van der Waals surface area contributed by atoms with Crippen LogP contribution in [0.1, 0.15) is 50.7 Å². The second kappa shape index (κ2) is 13.9. The first-order valence-electron chi connectivity index (χ1n) is 14.1. The summed E-state index contributed by atoms with van der Waals surface area (Å²) in [5.74, 6) is -0.00466. The van der Waals surface area contributed by atoms with Gasteiger partial charge in [-0.2, -0.15) is 5.10 Å². The van der Waals surface area contributed by atoms with E-state index in [2.05, 4.69) is 43.4 Å². The molecule has 0 saturated heterocycles. The number of para-hydroxylation sites is 1. The van der Waals surface area contributed by atoms with Gasteiger partial charge in [-0.05, 0) is 47.2 Å². The van der Waals surface area contributed by atoms with Crippen LogP contribution < -0.4 is 10.6 Å². The van der Waals surface area contributed by atoms with E-state index in [0.717, 1.165) is 22.4 Å². The first-order valence-corrected chi connectivity index (χ1v) is 14.1. The molecule has 3 aromatic carbocycles. The lowest BCUT2D eigenvalue weighted by Gasteiger charge is -2.26. The molecule has 0 spiro atoms. The normalized spacial score (nSPS) is 11.1. The third-order valence-corrected chi connectivity index (χ3v) is 6.91. The topological polar surface area (TPSA) is 88.5 Å². The Bertz CT molecular complexity index is 1470. The molecule has 42 heavy (non-hydrogen) atoms. The summed E-state index contributed by atoms with van der Waals surface area (Å²) in [5, 5.41) is 10.7. The van der Waals surface area contributed by atoms with E-state index in [-0.39, 0.29) is 37.3 Å². The summed E-state index contributed by atoms with van der Waals surface area (Å²) in [6.07, 6.45) is 0. The molecule has 0 aliphatic heterocycles. The fourth-order valence-corrected chi connectivity index (χ4v) is 4.69. The lowest BCUT2D eigenvalue weighted by atomic mass is 9.93. The molecule has 4 rings (SSSR count). The molecule has 9 heteroatoms. The molecule has 1 heterocycles. The van der Waals surface area contributed by atoms with E-state index in [1.807, 2.05) is 48.5 Å². The number of halogens is 1. The highest BCUT2D eigenvalue weighted by Crippen LogP contribution is 2.32. The molecule has 0 radical (unpaired) electrons. The Kier molecular flexibility index (Phi) is 10.1. The number of methoxy groups -OCH3 is 1. The summed E-state index contributed by atoms with van der Waals surface area (Å²) in [6.45, 7) is 8.58. The number of hydrogen-bond donors (Lipinski definition) is 2. The van der Waals surface area contributed by atoms with Crippen molar-refractivity contribution in [1.29, 1.82) is 0 Å². The highest BCUT2D eigenvalue weighted by atomic mass is 19.1. The van der Waals surface area contributed by atoms with Crippen LogP contribution >= 0.6 is 0 Å². The SMILES string of the molecule is COCCN(CC(=O)Nc1cc(-c2ccccc2)nn1-c1ccc(F)cc1)C(=O)Nc1c(C(C)C)cccc1C(C)C. The number of amides is 3. The van der Waals surface area contributed by atoms with Crippen molar-refractivity contribution in [2.24, 2.45) is 0 Å². The molecular weight excluding hydrogens is 533 g/mol. The molecule has 0 atom stereocenters. The van der Waals surface area contributed by atoms with Crippen LogP contribution in [0.3, 0.4) is 0 Å². The monoisotopic (exact) mass is 571 g/mol. The van der Waals surface area contributed by atoms with Crippen LogP contribution in [0.5, 0.6) is 0 Å². The zero-order valence-corrected chi connectivity index (χ0v) is 24.7. The number of anilines is 2. The maximum absolute atomic E-state index is 13.6. The van der Waals surface area contributed by atoms with Gasteiger partial charge in [0.05, 0.1) is 18.0 Å². The number of ether oxygens (including phenoxy) is 1. The molecule has 0 unspecified atom stereocenters. The summed E-state index contributed by atoms with van der Waals surface area (Å²) in [7, 11) is 1.55. The van der Waals surface area contributed by atoms with Crippen molar-refractivity contribution in [3.8, 4) is 16.9 Å². The van der Waals surface area contributed by atoms with Crippen molar-refractivity contribution in [1.82, 2.24) is 14.7 Å². The van der Waals surface area contributed by atoms with Gasteiger partial charge in [-0.25, -0.2) is 13.9 Å². The smallest absolute Gasteiger partial charge is 0.322 e. The molecule has 0 bridgehead atoms. The highest BCUT2D eigenvalue weighted by molar-refractivity contribution is 5.97. The summed E-state index contributed by atoms with van der Waals surface area (Å²) >= 11 is 0. The Morgan fingerprint density at radius 3 is 2.14 bits per heavy atom. The standard InChI is InChI=1S/C33H38FN5O3/c1-22(2)27-12-9-13-28(23(3)4)32(27)36-33(41)38(18-19-42-5)21-31(40)35-30-20-29(24-10-7-6-8-11-24)37-39(30)26-16-14-25(34)15-17-26/h6-17,20,22-23H,18-19,21H2,1-5H3,(H,35,40)(H,36,41). The Labute approximate surface area is 246 Å². The summed E-state index contributed by atoms with van der Waals surface area (Å²) in [5.41, 5.74) is 4.91. The Hall–Kier alpha value is -4.50. The largest absolute Gasteiger partial charge is 0.383 e. The number of aromatic nitrogens is 2. The molecule has 2 N–H and O–H groups in total.